The molecule has 2 atom stereocenters. The Bertz CT molecular complexity index is 313. The fourth-order valence-corrected chi connectivity index (χ4v) is 2.09. The van der Waals surface area contributed by atoms with Gasteiger partial charge in [-0.05, 0) is 25.8 Å². The zero-order valence-electron chi connectivity index (χ0n) is 13.6. The Labute approximate surface area is 133 Å². The van der Waals surface area contributed by atoms with Crippen molar-refractivity contribution in [1.29, 1.82) is 0 Å². The van der Waals surface area contributed by atoms with Gasteiger partial charge in [-0.1, -0.05) is 32.6 Å². The van der Waals surface area contributed by atoms with E-state index in [2.05, 4.69) is 17.6 Å². The van der Waals surface area contributed by atoms with Crippen LogP contribution in [0.5, 0.6) is 0 Å². The van der Waals surface area contributed by atoms with Gasteiger partial charge in [0.1, 0.15) is 6.04 Å². The number of nitrogens with two attached hydrogens (primary N) is 2. The van der Waals surface area contributed by atoms with E-state index in [0.29, 0.717) is 19.4 Å². The van der Waals surface area contributed by atoms with Gasteiger partial charge in [-0.15, -0.1) is 0 Å². The van der Waals surface area contributed by atoms with Crippen molar-refractivity contribution >= 4 is 11.8 Å². The summed E-state index contributed by atoms with van der Waals surface area (Å²) in [5.74, 6) is -0.578. The number of hydrogen-bond acceptors (Lipinski definition) is 5. The molecule has 7 N–H and O–H groups in total. The summed E-state index contributed by atoms with van der Waals surface area (Å²) in [5.41, 5.74) is 11.2. The van der Waals surface area contributed by atoms with Gasteiger partial charge in [0.2, 0.25) is 11.8 Å². The zero-order valence-corrected chi connectivity index (χ0v) is 13.6. The largest absolute Gasteiger partial charge is 0.395 e. The summed E-state index contributed by atoms with van der Waals surface area (Å²) in [5, 5.41) is 14.1. The quantitative estimate of drug-likeness (QED) is 0.296. The van der Waals surface area contributed by atoms with Crippen LogP contribution in [0.25, 0.3) is 0 Å². The number of rotatable bonds is 13. The highest BCUT2D eigenvalue weighted by Crippen LogP contribution is 2.05. The number of nitrogens with one attached hydrogen (secondary N) is 2. The maximum Gasteiger partial charge on any atom is 0.242 e. The number of aliphatic hydroxyl groups is 1. The minimum atomic E-state index is -0.620. The summed E-state index contributed by atoms with van der Waals surface area (Å²) in [6.45, 7) is 2.71. The lowest BCUT2D eigenvalue weighted by Gasteiger charge is -2.20. The number of aliphatic hydroxyl groups excluding tert-OH is 1. The molecule has 0 aliphatic rings. The Balaban J connectivity index is 4.39. The molecule has 0 saturated heterocycles. The first-order valence-corrected chi connectivity index (χ1v) is 8.21. The normalized spacial score (nSPS) is 13.5. The zero-order chi connectivity index (χ0) is 16.8. The lowest BCUT2D eigenvalue weighted by atomic mass is 10.1. The van der Waals surface area contributed by atoms with Gasteiger partial charge in [0.05, 0.1) is 12.6 Å². The van der Waals surface area contributed by atoms with Gasteiger partial charge in [-0.2, -0.15) is 0 Å². The number of hydrogen-bond donors (Lipinski definition) is 5. The molecular weight excluding hydrogens is 284 g/mol. The molecule has 0 aliphatic heterocycles. The van der Waals surface area contributed by atoms with Crippen LogP contribution in [0.4, 0.5) is 0 Å². The van der Waals surface area contributed by atoms with E-state index in [1.807, 2.05) is 0 Å². The first kappa shape index (κ1) is 20.8. The minimum absolute atomic E-state index is 0.125. The van der Waals surface area contributed by atoms with Gasteiger partial charge in [-0.3, -0.25) is 9.59 Å². The Kier molecular flexibility index (Phi) is 12.8. The number of unbranched alkanes of at least 4 members (excludes halogenated alkanes) is 3. The molecule has 0 aromatic heterocycles. The number of carbonyl (C=O) groups excluding carboxylic acids is 2. The van der Waals surface area contributed by atoms with Crippen LogP contribution in [0.2, 0.25) is 0 Å². The monoisotopic (exact) mass is 316 g/mol. The lowest BCUT2D eigenvalue weighted by Crippen LogP contribution is -2.51. The molecule has 2 amide bonds. The van der Waals surface area contributed by atoms with E-state index in [0.717, 1.165) is 32.1 Å². The summed E-state index contributed by atoms with van der Waals surface area (Å²) in [4.78, 5) is 24.1. The van der Waals surface area contributed by atoms with Crippen molar-refractivity contribution in [2.24, 2.45) is 11.5 Å². The molecular formula is C15H32N4O3. The Hall–Kier alpha value is -1.18. The summed E-state index contributed by atoms with van der Waals surface area (Å²) < 4.78 is 0. The molecule has 0 rings (SSSR count). The average Bonchev–Trinajstić information content (AvgIpc) is 2.51. The van der Waals surface area contributed by atoms with E-state index < -0.39 is 12.1 Å². The topological polar surface area (TPSA) is 130 Å². The number of amides is 2. The third-order valence-corrected chi connectivity index (χ3v) is 3.45. The van der Waals surface area contributed by atoms with Crippen molar-refractivity contribution < 1.29 is 14.7 Å². The fourth-order valence-electron chi connectivity index (χ4n) is 2.09. The molecule has 0 aromatic rings. The van der Waals surface area contributed by atoms with E-state index in [9.17, 15) is 9.59 Å². The van der Waals surface area contributed by atoms with Crippen LogP contribution in [-0.2, 0) is 9.59 Å². The molecule has 7 nitrogen and oxygen atoms in total. The van der Waals surface area contributed by atoms with E-state index in [-0.39, 0.29) is 25.0 Å². The predicted molar refractivity (Wildman–Crippen MR) is 87.0 cm³/mol. The maximum absolute atomic E-state index is 12.1. The Morgan fingerprint density at radius 3 is 2.36 bits per heavy atom. The van der Waals surface area contributed by atoms with Crippen LogP contribution < -0.4 is 22.1 Å². The van der Waals surface area contributed by atoms with Crippen LogP contribution in [0, 0.1) is 0 Å². The van der Waals surface area contributed by atoms with E-state index in [1.54, 1.807) is 0 Å². The van der Waals surface area contributed by atoms with Crippen LogP contribution in [0.3, 0.4) is 0 Å². The van der Waals surface area contributed by atoms with Crippen LogP contribution >= 0.6 is 0 Å². The van der Waals surface area contributed by atoms with Gasteiger partial charge >= 0.3 is 0 Å². The summed E-state index contributed by atoms with van der Waals surface area (Å²) >= 11 is 0. The van der Waals surface area contributed by atoms with Crippen molar-refractivity contribution in [3.63, 3.8) is 0 Å². The van der Waals surface area contributed by atoms with Crippen molar-refractivity contribution in [2.45, 2.75) is 64.0 Å². The second-order valence-electron chi connectivity index (χ2n) is 5.46. The highest BCUT2D eigenvalue weighted by Gasteiger charge is 2.22. The maximum atomic E-state index is 12.1. The first-order valence-electron chi connectivity index (χ1n) is 8.21. The molecule has 0 saturated carbocycles. The molecule has 22 heavy (non-hydrogen) atoms. The fraction of sp³-hybridized carbons (Fsp3) is 0.867. The van der Waals surface area contributed by atoms with Crippen LogP contribution in [0.1, 0.15) is 51.9 Å². The smallest absolute Gasteiger partial charge is 0.242 e. The van der Waals surface area contributed by atoms with Gasteiger partial charge in [0.15, 0.2) is 0 Å². The summed E-state index contributed by atoms with van der Waals surface area (Å²) in [6, 6.07) is -1.21. The standard InChI is InChI=1S/C15H32N4O3/c1-2-3-4-8-13(15(22)18-10-11-20)19-14(21)12(17)7-5-6-9-16/h12-13,20H,2-11,16-17H2,1H3,(H,18,22)(H,19,21). The first-order chi connectivity index (χ1) is 10.6. The van der Waals surface area contributed by atoms with Gasteiger partial charge in [-0.25, -0.2) is 0 Å². The minimum Gasteiger partial charge on any atom is -0.395 e. The summed E-state index contributed by atoms with van der Waals surface area (Å²) in [6.07, 6.45) is 5.66. The van der Waals surface area contributed by atoms with Gasteiger partial charge in [0, 0.05) is 6.54 Å². The lowest BCUT2D eigenvalue weighted by molar-refractivity contribution is -0.130. The molecule has 0 heterocycles. The van der Waals surface area contributed by atoms with Crippen molar-refractivity contribution in [3.05, 3.63) is 0 Å². The molecule has 130 valence electrons. The molecule has 0 spiro atoms. The summed E-state index contributed by atoms with van der Waals surface area (Å²) in [7, 11) is 0. The van der Waals surface area contributed by atoms with Gasteiger partial charge < -0.3 is 27.2 Å². The van der Waals surface area contributed by atoms with Crippen LogP contribution in [-0.4, -0.2) is 48.7 Å². The Morgan fingerprint density at radius 2 is 1.77 bits per heavy atom. The SMILES string of the molecule is CCCCCC(NC(=O)C(N)CCCCN)C(=O)NCCO. The predicted octanol–water partition coefficient (Wildman–Crippen LogP) is -0.384. The molecule has 0 radical (unpaired) electrons. The van der Waals surface area contributed by atoms with Gasteiger partial charge in [0.25, 0.3) is 0 Å². The molecule has 0 aliphatic carbocycles. The second-order valence-corrected chi connectivity index (χ2v) is 5.46. The highest BCUT2D eigenvalue weighted by atomic mass is 16.3. The third kappa shape index (κ3) is 9.70. The van der Waals surface area contributed by atoms with Crippen LogP contribution in [0.15, 0.2) is 0 Å². The average molecular weight is 316 g/mol. The molecule has 0 fully saturated rings. The molecule has 0 bridgehead atoms. The van der Waals surface area contributed by atoms with E-state index in [4.69, 9.17) is 16.6 Å². The Morgan fingerprint density at radius 1 is 1.09 bits per heavy atom. The molecule has 7 heteroatoms. The van der Waals surface area contributed by atoms with Crippen molar-refractivity contribution in [1.82, 2.24) is 10.6 Å². The van der Waals surface area contributed by atoms with E-state index in [1.165, 1.54) is 0 Å². The highest BCUT2D eigenvalue weighted by molar-refractivity contribution is 5.89. The van der Waals surface area contributed by atoms with Crippen molar-refractivity contribution in [2.75, 3.05) is 19.7 Å². The second kappa shape index (κ2) is 13.5. The van der Waals surface area contributed by atoms with Crippen molar-refractivity contribution in [3.8, 4) is 0 Å². The number of carbonyl (C=O) groups is 2. The van der Waals surface area contributed by atoms with E-state index >= 15 is 0 Å². The third-order valence-electron chi connectivity index (χ3n) is 3.45. The molecule has 0 aromatic carbocycles. The molecule has 2 unspecified atom stereocenters.